The van der Waals surface area contributed by atoms with Crippen molar-refractivity contribution in [2.24, 2.45) is 0 Å². The molecule has 0 radical (unpaired) electrons. The third-order valence-corrected chi connectivity index (χ3v) is 3.88. The van der Waals surface area contributed by atoms with E-state index in [1.54, 1.807) is 12.1 Å². The van der Waals surface area contributed by atoms with Crippen LogP contribution in [0.5, 0.6) is 0 Å². The largest absolute Gasteiger partial charge is 0.444 e. The second-order valence-corrected chi connectivity index (χ2v) is 7.62. The first-order valence-electron chi connectivity index (χ1n) is 8.81. The molecule has 2 aromatic carbocycles. The predicted molar refractivity (Wildman–Crippen MR) is 107 cm³/mol. The minimum atomic E-state index is -0.531. The Hall–Kier alpha value is -2.53. The molecule has 0 aliphatic heterocycles. The third kappa shape index (κ3) is 7.71. The Morgan fingerprint density at radius 3 is 2.33 bits per heavy atom. The number of ether oxygens (including phenoxy) is 1. The lowest BCUT2D eigenvalue weighted by molar-refractivity contribution is 0.0523. The van der Waals surface area contributed by atoms with Crippen molar-refractivity contribution < 1.29 is 14.3 Å². The van der Waals surface area contributed by atoms with Crippen molar-refractivity contribution in [2.75, 3.05) is 6.54 Å². The lowest BCUT2D eigenvalue weighted by atomic mass is 10.1. The smallest absolute Gasteiger partial charge is 0.407 e. The van der Waals surface area contributed by atoms with Gasteiger partial charge in [-0.15, -0.1) is 0 Å². The number of benzene rings is 2. The second-order valence-electron chi connectivity index (χ2n) is 7.19. The Morgan fingerprint density at radius 2 is 1.70 bits per heavy atom. The average Bonchev–Trinajstić information content (AvgIpc) is 2.59. The first kappa shape index (κ1) is 20.8. The number of amides is 2. The molecule has 6 heteroatoms. The van der Waals surface area contributed by atoms with Gasteiger partial charge in [-0.25, -0.2) is 4.79 Å². The topological polar surface area (TPSA) is 67.4 Å². The molecule has 0 saturated heterocycles. The van der Waals surface area contributed by atoms with E-state index in [9.17, 15) is 9.59 Å². The van der Waals surface area contributed by atoms with Crippen molar-refractivity contribution in [3.05, 3.63) is 70.2 Å². The van der Waals surface area contributed by atoms with E-state index in [-0.39, 0.29) is 5.91 Å². The van der Waals surface area contributed by atoms with Crippen molar-refractivity contribution in [3.8, 4) is 0 Å². The quantitative estimate of drug-likeness (QED) is 0.773. The van der Waals surface area contributed by atoms with E-state index < -0.39 is 11.7 Å². The third-order valence-electron chi connectivity index (χ3n) is 3.64. The number of rotatable bonds is 6. The van der Waals surface area contributed by atoms with Gasteiger partial charge in [0.1, 0.15) is 5.60 Å². The Morgan fingerprint density at radius 1 is 1.00 bits per heavy atom. The second kappa shape index (κ2) is 9.42. The summed E-state index contributed by atoms with van der Waals surface area (Å²) in [5.41, 5.74) is 2.00. The van der Waals surface area contributed by atoms with Gasteiger partial charge in [0.2, 0.25) is 0 Å². The highest BCUT2D eigenvalue weighted by molar-refractivity contribution is 6.30. The molecule has 2 amide bonds. The Balaban J connectivity index is 1.78. The monoisotopic (exact) mass is 388 g/mol. The zero-order valence-electron chi connectivity index (χ0n) is 15.8. The summed E-state index contributed by atoms with van der Waals surface area (Å²) in [5.74, 6) is -0.135. The van der Waals surface area contributed by atoms with E-state index in [0.29, 0.717) is 30.1 Å². The number of nitrogens with one attached hydrogen (secondary N) is 2. The van der Waals surface area contributed by atoms with Crippen LogP contribution in [0.25, 0.3) is 0 Å². The van der Waals surface area contributed by atoms with Crippen LogP contribution in [0.15, 0.2) is 48.5 Å². The number of halogens is 1. The molecular weight excluding hydrogens is 364 g/mol. The zero-order chi connectivity index (χ0) is 19.9. The molecule has 0 aromatic heterocycles. The zero-order valence-corrected chi connectivity index (χ0v) is 16.6. The van der Waals surface area contributed by atoms with Crippen molar-refractivity contribution in [3.63, 3.8) is 0 Å². The minimum absolute atomic E-state index is 0.135. The number of hydrogen-bond acceptors (Lipinski definition) is 3. The van der Waals surface area contributed by atoms with Crippen LogP contribution < -0.4 is 10.6 Å². The standard InChI is InChI=1S/C21H25ClN2O3/c1-21(2,3)27-20(26)24-14-16-7-9-17(10-8-16)19(25)23-12-11-15-5-4-6-18(22)13-15/h4-10,13H,11-12,14H2,1-3H3,(H,23,25)(H,24,26). The summed E-state index contributed by atoms with van der Waals surface area (Å²) in [6.45, 7) is 6.30. The van der Waals surface area contributed by atoms with Crippen molar-refractivity contribution >= 4 is 23.6 Å². The van der Waals surface area contributed by atoms with Gasteiger partial charge in [-0.1, -0.05) is 35.9 Å². The molecule has 2 aromatic rings. The maximum atomic E-state index is 12.2. The Kier molecular flexibility index (Phi) is 7.25. The number of alkyl carbamates (subject to hydrolysis) is 1. The summed E-state index contributed by atoms with van der Waals surface area (Å²) in [4.78, 5) is 23.9. The van der Waals surface area contributed by atoms with Crippen LogP contribution in [0.3, 0.4) is 0 Å². The van der Waals surface area contributed by atoms with E-state index in [2.05, 4.69) is 10.6 Å². The molecule has 0 bridgehead atoms. The first-order valence-corrected chi connectivity index (χ1v) is 9.19. The van der Waals surface area contributed by atoms with E-state index in [1.807, 2.05) is 57.2 Å². The Bertz CT molecular complexity index is 783. The molecule has 0 aliphatic carbocycles. The van der Waals surface area contributed by atoms with Gasteiger partial charge < -0.3 is 15.4 Å². The van der Waals surface area contributed by atoms with E-state index in [4.69, 9.17) is 16.3 Å². The van der Waals surface area contributed by atoms with E-state index in [0.717, 1.165) is 11.1 Å². The highest BCUT2D eigenvalue weighted by atomic mass is 35.5. The summed E-state index contributed by atoms with van der Waals surface area (Å²) in [6.07, 6.45) is 0.245. The first-order chi connectivity index (χ1) is 12.7. The van der Waals surface area contributed by atoms with Crippen LogP contribution in [0.1, 0.15) is 42.3 Å². The van der Waals surface area contributed by atoms with Gasteiger partial charge in [-0.2, -0.15) is 0 Å². The average molecular weight is 389 g/mol. The van der Waals surface area contributed by atoms with Gasteiger partial charge in [-0.05, 0) is 62.6 Å². The lowest BCUT2D eigenvalue weighted by Gasteiger charge is -2.19. The minimum Gasteiger partial charge on any atom is -0.444 e. The number of carbonyl (C=O) groups is 2. The van der Waals surface area contributed by atoms with Gasteiger partial charge in [0.25, 0.3) is 5.91 Å². The highest BCUT2D eigenvalue weighted by Crippen LogP contribution is 2.11. The SMILES string of the molecule is CC(C)(C)OC(=O)NCc1ccc(C(=O)NCCc2cccc(Cl)c2)cc1. The summed E-state index contributed by atoms with van der Waals surface area (Å²) < 4.78 is 5.19. The van der Waals surface area contributed by atoms with Gasteiger partial charge in [0, 0.05) is 23.7 Å². The molecule has 2 rings (SSSR count). The van der Waals surface area contributed by atoms with Gasteiger partial charge in [-0.3, -0.25) is 4.79 Å². The molecule has 2 N–H and O–H groups in total. The van der Waals surface area contributed by atoms with Crippen molar-refractivity contribution in [2.45, 2.75) is 39.3 Å². The molecule has 0 atom stereocenters. The fourth-order valence-corrected chi connectivity index (χ4v) is 2.59. The fourth-order valence-electron chi connectivity index (χ4n) is 2.38. The van der Waals surface area contributed by atoms with Crippen LogP contribution in [0.4, 0.5) is 4.79 Å². The van der Waals surface area contributed by atoms with E-state index >= 15 is 0 Å². The van der Waals surface area contributed by atoms with Gasteiger partial charge in [0.15, 0.2) is 0 Å². The van der Waals surface area contributed by atoms with Gasteiger partial charge in [0.05, 0.1) is 0 Å². The summed E-state index contributed by atoms with van der Waals surface area (Å²) >= 11 is 5.95. The number of carbonyl (C=O) groups excluding carboxylic acids is 2. The van der Waals surface area contributed by atoms with Gasteiger partial charge >= 0.3 is 6.09 Å². The van der Waals surface area contributed by atoms with Crippen LogP contribution in [-0.2, 0) is 17.7 Å². The lowest BCUT2D eigenvalue weighted by Crippen LogP contribution is -2.32. The molecule has 5 nitrogen and oxygen atoms in total. The van der Waals surface area contributed by atoms with Crippen molar-refractivity contribution in [1.29, 1.82) is 0 Å². The molecule has 144 valence electrons. The van der Waals surface area contributed by atoms with Crippen LogP contribution in [0.2, 0.25) is 5.02 Å². The molecule has 27 heavy (non-hydrogen) atoms. The van der Waals surface area contributed by atoms with Crippen molar-refractivity contribution in [1.82, 2.24) is 10.6 Å². The number of hydrogen-bond donors (Lipinski definition) is 2. The summed E-state index contributed by atoms with van der Waals surface area (Å²) in [6, 6.07) is 14.7. The fraction of sp³-hybridized carbons (Fsp3) is 0.333. The van der Waals surface area contributed by atoms with E-state index in [1.165, 1.54) is 0 Å². The molecular formula is C21H25ClN2O3. The van der Waals surface area contributed by atoms with Crippen LogP contribution in [0, 0.1) is 0 Å². The molecule has 0 aliphatic rings. The van der Waals surface area contributed by atoms with Crippen LogP contribution in [-0.4, -0.2) is 24.1 Å². The Labute approximate surface area is 165 Å². The maximum absolute atomic E-state index is 12.2. The summed E-state index contributed by atoms with van der Waals surface area (Å²) in [7, 11) is 0. The molecule has 0 spiro atoms. The van der Waals surface area contributed by atoms with Crippen LogP contribution >= 0.6 is 11.6 Å². The molecule has 0 saturated carbocycles. The normalized spacial score (nSPS) is 11.0. The predicted octanol–water partition coefficient (Wildman–Crippen LogP) is 4.34. The maximum Gasteiger partial charge on any atom is 0.407 e. The summed E-state index contributed by atoms with van der Waals surface area (Å²) in [5, 5.41) is 6.27. The molecule has 0 unspecified atom stereocenters. The molecule has 0 fully saturated rings. The highest BCUT2D eigenvalue weighted by Gasteiger charge is 2.15. The molecule has 0 heterocycles.